The standard InChI is InChI=1S/C16H16ClNO3/c1-11(12-2-8-15(19)9-3-12)18(10-16(20)21)14-6-4-13(17)5-7-14/h2-9,11,19H,10H2,1H3,(H,20,21). The Morgan fingerprint density at radius 1 is 1.14 bits per heavy atom. The first kappa shape index (κ1) is 15.2. The van der Waals surface area contributed by atoms with Crippen molar-refractivity contribution in [3.8, 4) is 5.75 Å². The maximum Gasteiger partial charge on any atom is 0.323 e. The van der Waals surface area contributed by atoms with Gasteiger partial charge in [0.2, 0.25) is 0 Å². The number of hydrogen-bond donors (Lipinski definition) is 2. The number of aliphatic carboxylic acids is 1. The molecule has 2 aromatic carbocycles. The number of carboxylic acid groups (broad SMARTS) is 1. The van der Waals surface area contributed by atoms with Gasteiger partial charge in [-0.2, -0.15) is 0 Å². The highest BCUT2D eigenvalue weighted by molar-refractivity contribution is 6.30. The summed E-state index contributed by atoms with van der Waals surface area (Å²) in [7, 11) is 0. The highest BCUT2D eigenvalue weighted by Gasteiger charge is 2.19. The number of benzene rings is 2. The molecule has 0 aliphatic carbocycles. The molecule has 0 heterocycles. The van der Waals surface area contributed by atoms with Crippen molar-refractivity contribution in [1.82, 2.24) is 0 Å². The van der Waals surface area contributed by atoms with Gasteiger partial charge in [-0.1, -0.05) is 23.7 Å². The van der Waals surface area contributed by atoms with Crippen LogP contribution in [-0.2, 0) is 4.79 Å². The fourth-order valence-corrected chi connectivity index (χ4v) is 2.29. The molecule has 0 radical (unpaired) electrons. The number of carboxylic acids is 1. The first-order valence-corrected chi connectivity index (χ1v) is 6.88. The SMILES string of the molecule is CC(c1ccc(O)cc1)N(CC(=O)O)c1ccc(Cl)cc1. The Bertz CT molecular complexity index is 610. The summed E-state index contributed by atoms with van der Waals surface area (Å²) in [6.45, 7) is 1.80. The number of nitrogens with zero attached hydrogens (tertiary/aromatic N) is 1. The lowest BCUT2D eigenvalue weighted by Crippen LogP contribution is -2.32. The van der Waals surface area contributed by atoms with Crippen molar-refractivity contribution in [1.29, 1.82) is 0 Å². The smallest absolute Gasteiger partial charge is 0.323 e. The number of rotatable bonds is 5. The number of hydrogen-bond acceptors (Lipinski definition) is 3. The number of carbonyl (C=O) groups is 1. The van der Waals surface area contributed by atoms with Gasteiger partial charge in [-0.25, -0.2) is 0 Å². The molecule has 2 aromatic rings. The van der Waals surface area contributed by atoms with Gasteiger partial charge in [0.25, 0.3) is 0 Å². The Balaban J connectivity index is 2.32. The molecule has 0 amide bonds. The Labute approximate surface area is 128 Å². The molecule has 0 saturated carbocycles. The highest BCUT2D eigenvalue weighted by atomic mass is 35.5. The van der Waals surface area contributed by atoms with Crippen LogP contribution in [-0.4, -0.2) is 22.7 Å². The third kappa shape index (κ3) is 3.89. The van der Waals surface area contributed by atoms with Crippen LogP contribution in [0.3, 0.4) is 0 Å². The third-order valence-electron chi connectivity index (χ3n) is 3.31. The van der Waals surface area contributed by atoms with Gasteiger partial charge in [-0.15, -0.1) is 0 Å². The molecule has 4 nitrogen and oxygen atoms in total. The molecule has 0 aromatic heterocycles. The van der Waals surface area contributed by atoms with Crippen LogP contribution in [0, 0.1) is 0 Å². The molecule has 0 saturated heterocycles. The van der Waals surface area contributed by atoms with Gasteiger partial charge in [0.05, 0.1) is 6.04 Å². The molecule has 0 fully saturated rings. The number of phenolic OH excluding ortho intramolecular Hbond substituents is 1. The number of halogens is 1. The first-order chi connectivity index (χ1) is 9.97. The van der Waals surface area contributed by atoms with Gasteiger partial charge in [0.15, 0.2) is 0 Å². The molecule has 0 aliphatic rings. The summed E-state index contributed by atoms with van der Waals surface area (Å²) >= 11 is 5.87. The van der Waals surface area contributed by atoms with E-state index in [0.29, 0.717) is 5.02 Å². The van der Waals surface area contributed by atoms with Crippen molar-refractivity contribution in [3.63, 3.8) is 0 Å². The molecule has 110 valence electrons. The van der Waals surface area contributed by atoms with Crippen molar-refractivity contribution >= 4 is 23.3 Å². The quantitative estimate of drug-likeness (QED) is 0.884. The Morgan fingerprint density at radius 3 is 2.24 bits per heavy atom. The van der Waals surface area contributed by atoms with E-state index in [1.165, 1.54) is 0 Å². The van der Waals surface area contributed by atoms with E-state index >= 15 is 0 Å². The van der Waals surface area contributed by atoms with E-state index in [1.807, 2.05) is 6.92 Å². The van der Waals surface area contributed by atoms with Crippen molar-refractivity contribution < 1.29 is 15.0 Å². The minimum absolute atomic E-state index is 0.121. The van der Waals surface area contributed by atoms with Crippen molar-refractivity contribution in [2.45, 2.75) is 13.0 Å². The van der Waals surface area contributed by atoms with Gasteiger partial charge in [-0.3, -0.25) is 4.79 Å². The normalized spacial score (nSPS) is 11.9. The van der Waals surface area contributed by atoms with Gasteiger partial charge in [0, 0.05) is 10.7 Å². The minimum atomic E-state index is -0.907. The zero-order chi connectivity index (χ0) is 15.4. The van der Waals surface area contributed by atoms with Crippen LogP contribution in [0.15, 0.2) is 48.5 Å². The molecule has 2 rings (SSSR count). The molecule has 2 N–H and O–H groups in total. The van der Waals surface area contributed by atoms with Crippen molar-refractivity contribution in [2.24, 2.45) is 0 Å². The number of phenols is 1. The van der Waals surface area contributed by atoms with Crippen molar-refractivity contribution in [3.05, 3.63) is 59.1 Å². The average molecular weight is 306 g/mol. The maximum atomic E-state index is 11.1. The van der Waals surface area contributed by atoms with E-state index in [9.17, 15) is 9.90 Å². The number of aromatic hydroxyl groups is 1. The van der Waals surface area contributed by atoms with Crippen LogP contribution in [0.4, 0.5) is 5.69 Å². The summed E-state index contributed by atoms with van der Waals surface area (Å²) in [5, 5.41) is 19.1. The molecular formula is C16H16ClNO3. The Kier molecular flexibility index (Phi) is 4.70. The van der Waals surface area contributed by atoms with Crippen LogP contribution >= 0.6 is 11.6 Å². The largest absolute Gasteiger partial charge is 0.508 e. The summed E-state index contributed by atoms with van der Waals surface area (Å²) in [6, 6.07) is 13.6. The lowest BCUT2D eigenvalue weighted by Gasteiger charge is -2.30. The third-order valence-corrected chi connectivity index (χ3v) is 3.56. The molecule has 0 aliphatic heterocycles. The second-order valence-electron chi connectivity index (χ2n) is 4.77. The average Bonchev–Trinajstić information content (AvgIpc) is 2.46. The van der Waals surface area contributed by atoms with E-state index < -0.39 is 5.97 Å². The minimum Gasteiger partial charge on any atom is -0.508 e. The first-order valence-electron chi connectivity index (χ1n) is 6.50. The maximum absolute atomic E-state index is 11.1. The highest BCUT2D eigenvalue weighted by Crippen LogP contribution is 2.28. The fourth-order valence-electron chi connectivity index (χ4n) is 2.16. The van der Waals surface area contributed by atoms with Crippen LogP contribution in [0.1, 0.15) is 18.5 Å². The van der Waals surface area contributed by atoms with Crippen LogP contribution in [0.2, 0.25) is 5.02 Å². The molecule has 5 heteroatoms. The van der Waals surface area contributed by atoms with Crippen LogP contribution < -0.4 is 4.90 Å². The van der Waals surface area contributed by atoms with E-state index in [0.717, 1.165) is 11.3 Å². The molecular weight excluding hydrogens is 290 g/mol. The van der Waals surface area contributed by atoms with E-state index in [2.05, 4.69) is 0 Å². The summed E-state index contributed by atoms with van der Waals surface area (Å²) in [5.41, 5.74) is 1.70. The van der Waals surface area contributed by atoms with Gasteiger partial charge >= 0.3 is 5.97 Å². The molecule has 1 unspecified atom stereocenters. The molecule has 21 heavy (non-hydrogen) atoms. The zero-order valence-corrected chi connectivity index (χ0v) is 12.3. The van der Waals surface area contributed by atoms with Gasteiger partial charge < -0.3 is 15.1 Å². The lowest BCUT2D eigenvalue weighted by atomic mass is 10.1. The summed E-state index contributed by atoms with van der Waals surface area (Å²) in [6.07, 6.45) is 0. The second kappa shape index (κ2) is 6.50. The monoisotopic (exact) mass is 305 g/mol. The summed E-state index contributed by atoms with van der Waals surface area (Å²) < 4.78 is 0. The predicted molar refractivity (Wildman–Crippen MR) is 83.0 cm³/mol. The summed E-state index contributed by atoms with van der Waals surface area (Å²) in [4.78, 5) is 12.9. The van der Waals surface area contributed by atoms with Crippen LogP contribution in [0.25, 0.3) is 0 Å². The van der Waals surface area contributed by atoms with Crippen molar-refractivity contribution in [2.75, 3.05) is 11.4 Å². The van der Waals surface area contributed by atoms with E-state index in [4.69, 9.17) is 16.7 Å². The topological polar surface area (TPSA) is 60.8 Å². The zero-order valence-electron chi connectivity index (χ0n) is 11.5. The Morgan fingerprint density at radius 2 is 1.71 bits per heavy atom. The number of anilines is 1. The molecule has 0 spiro atoms. The fraction of sp³-hybridized carbons (Fsp3) is 0.188. The van der Waals surface area contributed by atoms with E-state index in [1.54, 1.807) is 53.4 Å². The van der Waals surface area contributed by atoms with Gasteiger partial charge in [0.1, 0.15) is 12.3 Å². The van der Waals surface area contributed by atoms with Gasteiger partial charge in [-0.05, 0) is 48.9 Å². The van der Waals surface area contributed by atoms with Crippen LogP contribution in [0.5, 0.6) is 5.75 Å². The molecule has 0 bridgehead atoms. The lowest BCUT2D eigenvalue weighted by molar-refractivity contribution is -0.135. The second-order valence-corrected chi connectivity index (χ2v) is 5.20. The summed E-state index contributed by atoms with van der Waals surface area (Å²) in [5.74, 6) is -0.724. The van der Waals surface area contributed by atoms with E-state index in [-0.39, 0.29) is 18.3 Å². The predicted octanol–water partition coefficient (Wildman–Crippen LogP) is 3.70. The Hall–Kier alpha value is -2.20. The molecule has 1 atom stereocenters.